The van der Waals surface area contributed by atoms with Crippen LogP contribution in [0, 0.1) is 0 Å². The van der Waals surface area contributed by atoms with Gasteiger partial charge in [-0.1, -0.05) is 37.3 Å². The third-order valence-corrected chi connectivity index (χ3v) is 3.63. The van der Waals surface area contributed by atoms with Gasteiger partial charge in [0.05, 0.1) is 7.11 Å². The lowest BCUT2D eigenvalue weighted by molar-refractivity contribution is 0.399. The van der Waals surface area contributed by atoms with Crippen LogP contribution in [0.5, 0.6) is 5.88 Å². The summed E-state index contributed by atoms with van der Waals surface area (Å²) in [5.74, 6) is 1.36. The molecule has 1 atom stereocenters. The number of fused-ring (bicyclic) bond motifs is 1. The van der Waals surface area contributed by atoms with E-state index in [4.69, 9.17) is 10.5 Å². The number of aromatic nitrogens is 3. The Morgan fingerprint density at radius 1 is 1.14 bits per heavy atom. The van der Waals surface area contributed by atoms with E-state index in [9.17, 15) is 0 Å². The van der Waals surface area contributed by atoms with E-state index in [-0.39, 0.29) is 0 Å². The predicted octanol–water partition coefficient (Wildman–Crippen LogP) is 2.83. The Bertz CT molecular complexity index is 752. The summed E-state index contributed by atoms with van der Waals surface area (Å²) in [6.45, 7) is 2.90. The highest BCUT2D eigenvalue weighted by atomic mass is 16.5. The van der Waals surface area contributed by atoms with Gasteiger partial charge < -0.3 is 10.5 Å². The van der Waals surface area contributed by atoms with Gasteiger partial charge in [0, 0.05) is 12.6 Å². The van der Waals surface area contributed by atoms with E-state index >= 15 is 0 Å². The lowest BCUT2D eigenvalue weighted by Crippen LogP contribution is -2.10. The highest BCUT2D eigenvalue weighted by molar-refractivity contribution is 5.74. The minimum Gasteiger partial charge on any atom is -0.481 e. The van der Waals surface area contributed by atoms with Crippen LogP contribution < -0.4 is 10.5 Å². The van der Waals surface area contributed by atoms with E-state index < -0.39 is 0 Å². The number of pyridine rings is 1. The van der Waals surface area contributed by atoms with Crippen LogP contribution in [0.2, 0.25) is 0 Å². The number of anilines is 1. The number of hydrogen-bond donors (Lipinski definition) is 1. The Labute approximate surface area is 123 Å². The average Bonchev–Trinajstić information content (AvgIpc) is 2.83. The third-order valence-electron chi connectivity index (χ3n) is 3.63. The molecule has 2 N–H and O–H groups in total. The third kappa shape index (κ3) is 2.54. The molecule has 5 heteroatoms. The summed E-state index contributed by atoms with van der Waals surface area (Å²) in [6.07, 6.45) is 0. The summed E-state index contributed by atoms with van der Waals surface area (Å²) in [7, 11) is 1.60. The number of nitrogen functional groups attached to an aromatic ring is 1. The molecule has 0 amide bonds. The molecule has 0 aliphatic heterocycles. The maximum atomic E-state index is 6.04. The van der Waals surface area contributed by atoms with Crippen molar-refractivity contribution in [2.75, 3.05) is 12.8 Å². The number of nitrogens with zero attached hydrogens (tertiary/aromatic N) is 3. The molecule has 0 radical (unpaired) electrons. The van der Waals surface area contributed by atoms with E-state index in [1.54, 1.807) is 13.2 Å². The summed E-state index contributed by atoms with van der Waals surface area (Å²) in [5.41, 5.74) is 8.85. The molecule has 3 aromatic rings. The zero-order valence-electron chi connectivity index (χ0n) is 12.2. The van der Waals surface area contributed by atoms with Crippen LogP contribution in [0.4, 0.5) is 5.95 Å². The molecule has 1 aromatic carbocycles. The molecular formula is C16H18N4O. The number of nitrogens with two attached hydrogens (primary N) is 1. The van der Waals surface area contributed by atoms with Crippen molar-refractivity contribution in [2.24, 2.45) is 0 Å². The molecule has 1 unspecified atom stereocenters. The molecule has 5 nitrogen and oxygen atoms in total. The largest absolute Gasteiger partial charge is 0.481 e. The van der Waals surface area contributed by atoms with Gasteiger partial charge in [-0.2, -0.15) is 4.98 Å². The molecule has 0 bridgehead atoms. The first kappa shape index (κ1) is 13.4. The van der Waals surface area contributed by atoms with Gasteiger partial charge in [0.2, 0.25) is 11.8 Å². The van der Waals surface area contributed by atoms with Crippen molar-refractivity contribution in [3.63, 3.8) is 0 Å². The summed E-state index contributed by atoms with van der Waals surface area (Å²) in [5, 5.41) is 0. The second-order valence-corrected chi connectivity index (χ2v) is 5.09. The second-order valence-electron chi connectivity index (χ2n) is 5.09. The normalized spacial score (nSPS) is 12.5. The predicted molar refractivity (Wildman–Crippen MR) is 83.3 cm³/mol. The Morgan fingerprint density at radius 2 is 1.90 bits per heavy atom. The van der Waals surface area contributed by atoms with E-state index in [0.717, 1.165) is 17.7 Å². The van der Waals surface area contributed by atoms with Crippen LogP contribution in [0.1, 0.15) is 18.4 Å². The van der Waals surface area contributed by atoms with Gasteiger partial charge in [0.15, 0.2) is 5.65 Å². The first-order chi connectivity index (χ1) is 10.2. The fourth-order valence-electron chi connectivity index (χ4n) is 2.46. The Kier molecular flexibility index (Phi) is 3.48. The molecule has 108 valence electrons. The van der Waals surface area contributed by atoms with Gasteiger partial charge >= 0.3 is 0 Å². The van der Waals surface area contributed by atoms with Crippen LogP contribution in [0.15, 0.2) is 42.5 Å². The summed E-state index contributed by atoms with van der Waals surface area (Å²) in [6, 6.07) is 14.0. The average molecular weight is 282 g/mol. The molecule has 2 aromatic heterocycles. The van der Waals surface area contributed by atoms with Gasteiger partial charge in [0.1, 0.15) is 5.52 Å². The lowest BCUT2D eigenvalue weighted by atomic mass is 10.0. The Balaban J connectivity index is 1.98. The zero-order chi connectivity index (χ0) is 14.8. The molecule has 0 spiro atoms. The van der Waals surface area contributed by atoms with Crippen LogP contribution in [-0.4, -0.2) is 21.6 Å². The number of hydrogen-bond acceptors (Lipinski definition) is 4. The highest BCUT2D eigenvalue weighted by Gasteiger charge is 2.14. The maximum Gasteiger partial charge on any atom is 0.215 e. The van der Waals surface area contributed by atoms with Crippen LogP contribution in [-0.2, 0) is 6.54 Å². The molecule has 0 saturated carbocycles. The number of rotatable bonds is 4. The number of ether oxygens (including phenoxy) is 1. The zero-order valence-corrected chi connectivity index (χ0v) is 12.2. The molecular weight excluding hydrogens is 264 g/mol. The minimum atomic E-state index is 0.318. The highest BCUT2D eigenvalue weighted by Crippen LogP contribution is 2.24. The molecule has 0 aliphatic carbocycles. The van der Waals surface area contributed by atoms with E-state index in [0.29, 0.717) is 17.7 Å². The van der Waals surface area contributed by atoms with Crippen molar-refractivity contribution >= 4 is 17.1 Å². The van der Waals surface area contributed by atoms with Crippen molar-refractivity contribution in [1.29, 1.82) is 0 Å². The van der Waals surface area contributed by atoms with Crippen molar-refractivity contribution in [1.82, 2.24) is 14.5 Å². The van der Waals surface area contributed by atoms with E-state index in [1.165, 1.54) is 5.56 Å². The topological polar surface area (TPSA) is 66.0 Å². The van der Waals surface area contributed by atoms with Crippen molar-refractivity contribution < 1.29 is 4.74 Å². The Hall–Kier alpha value is -2.56. The molecule has 2 heterocycles. The van der Waals surface area contributed by atoms with Crippen molar-refractivity contribution in [2.45, 2.75) is 19.4 Å². The maximum absolute atomic E-state index is 6.04. The standard InChI is InChI=1S/C16H18N4O/c1-11(12-6-4-3-5-7-12)10-20-15-13(18-16(20)17)8-9-14(19-15)21-2/h3-9,11H,10H2,1-2H3,(H2,17,18). The van der Waals surface area contributed by atoms with Gasteiger partial charge in [-0.15, -0.1) is 0 Å². The first-order valence-electron chi connectivity index (χ1n) is 6.90. The van der Waals surface area contributed by atoms with Crippen molar-refractivity contribution in [3.05, 3.63) is 48.0 Å². The number of benzene rings is 1. The van der Waals surface area contributed by atoms with Gasteiger partial charge in [-0.05, 0) is 17.5 Å². The second kappa shape index (κ2) is 5.44. The van der Waals surface area contributed by atoms with Gasteiger partial charge in [-0.3, -0.25) is 4.57 Å². The van der Waals surface area contributed by atoms with E-state index in [2.05, 4.69) is 29.0 Å². The van der Waals surface area contributed by atoms with Gasteiger partial charge in [-0.25, -0.2) is 4.98 Å². The number of methoxy groups -OCH3 is 1. The monoisotopic (exact) mass is 282 g/mol. The fraction of sp³-hybridized carbons (Fsp3) is 0.250. The van der Waals surface area contributed by atoms with Crippen molar-refractivity contribution in [3.8, 4) is 5.88 Å². The van der Waals surface area contributed by atoms with E-state index in [1.807, 2.05) is 28.8 Å². The molecule has 21 heavy (non-hydrogen) atoms. The SMILES string of the molecule is COc1ccc2nc(N)n(CC(C)c3ccccc3)c2n1. The molecule has 3 rings (SSSR count). The molecule has 0 aliphatic rings. The smallest absolute Gasteiger partial charge is 0.215 e. The summed E-state index contributed by atoms with van der Waals surface area (Å²) in [4.78, 5) is 8.82. The van der Waals surface area contributed by atoms with Gasteiger partial charge in [0.25, 0.3) is 0 Å². The van der Waals surface area contributed by atoms with Crippen LogP contribution in [0.25, 0.3) is 11.2 Å². The quantitative estimate of drug-likeness (QED) is 0.799. The van der Waals surface area contributed by atoms with Crippen LogP contribution >= 0.6 is 0 Å². The van der Waals surface area contributed by atoms with Crippen LogP contribution in [0.3, 0.4) is 0 Å². The summed E-state index contributed by atoms with van der Waals surface area (Å²) < 4.78 is 7.12. The Morgan fingerprint density at radius 3 is 2.62 bits per heavy atom. The number of imidazole rings is 1. The molecule has 0 fully saturated rings. The minimum absolute atomic E-state index is 0.318. The summed E-state index contributed by atoms with van der Waals surface area (Å²) >= 11 is 0. The molecule has 0 saturated heterocycles. The lowest BCUT2D eigenvalue weighted by Gasteiger charge is -2.14. The fourth-order valence-corrected chi connectivity index (χ4v) is 2.46. The first-order valence-corrected chi connectivity index (χ1v) is 6.90.